The molecule has 2 heterocycles. The predicted molar refractivity (Wildman–Crippen MR) is 72.2 cm³/mol. The molecule has 7 heteroatoms. The summed E-state index contributed by atoms with van der Waals surface area (Å²) in [4.78, 5) is 0. The first-order valence-electron chi connectivity index (χ1n) is 6.30. The molecule has 2 N–H and O–H groups in total. The molecule has 0 aliphatic carbocycles. The van der Waals surface area contributed by atoms with Crippen molar-refractivity contribution >= 4 is 11.0 Å². The number of rotatable bonds is 5. The number of benzene rings is 1. The monoisotopic (exact) mass is 273 g/mol. The molecule has 0 aliphatic rings. The van der Waals surface area contributed by atoms with Gasteiger partial charge in [-0.25, -0.2) is 0 Å². The minimum Gasteiger partial charge on any atom is -0.493 e. The SMILES string of the molecule is COc1cccc2cc(CNC(C)c3nn[nH]n3)oc12. The molecule has 0 amide bonds. The Bertz CT molecular complexity index is 692. The van der Waals surface area contributed by atoms with Crippen molar-refractivity contribution in [2.45, 2.75) is 19.5 Å². The third-order valence-electron chi connectivity index (χ3n) is 3.11. The van der Waals surface area contributed by atoms with E-state index in [9.17, 15) is 0 Å². The van der Waals surface area contributed by atoms with Crippen molar-refractivity contribution in [3.63, 3.8) is 0 Å². The highest BCUT2D eigenvalue weighted by molar-refractivity contribution is 5.83. The number of nitrogens with zero attached hydrogens (tertiary/aromatic N) is 3. The minimum atomic E-state index is -0.0103. The number of fused-ring (bicyclic) bond motifs is 1. The zero-order valence-electron chi connectivity index (χ0n) is 11.3. The molecule has 3 rings (SSSR count). The van der Waals surface area contributed by atoms with Crippen LogP contribution in [0.15, 0.2) is 28.7 Å². The molecule has 2 aromatic heterocycles. The van der Waals surface area contributed by atoms with Gasteiger partial charge in [0.1, 0.15) is 5.76 Å². The molecule has 0 saturated carbocycles. The summed E-state index contributed by atoms with van der Waals surface area (Å²) in [6.07, 6.45) is 0. The van der Waals surface area contributed by atoms with E-state index >= 15 is 0 Å². The number of methoxy groups -OCH3 is 1. The van der Waals surface area contributed by atoms with Gasteiger partial charge in [-0.05, 0) is 19.1 Å². The summed E-state index contributed by atoms with van der Waals surface area (Å²) in [6, 6.07) is 7.80. The summed E-state index contributed by atoms with van der Waals surface area (Å²) in [5.74, 6) is 2.19. The van der Waals surface area contributed by atoms with Gasteiger partial charge in [0.15, 0.2) is 17.2 Å². The number of nitrogens with one attached hydrogen (secondary N) is 2. The number of hydrogen-bond donors (Lipinski definition) is 2. The summed E-state index contributed by atoms with van der Waals surface area (Å²) in [5.41, 5.74) is 0.763. The molecular weight excluding hydrogens is 258 g/mol. The molecular formula is C13H15N5O2. The van der Waals surface area contributed by atoms with Crippen LogP contribution in [0.1, 0.15) is 24.6 Å². The fourth-order valence-corrected chi connectivity index (χ4v) is 2.04. The third-order valence-corrected chi connectivity index (χ3v) is 3.11. The number of hydrogen-bond acceptors (Lipinski definition) is 6. The van der Waals surface area contributed by atoms with E-state index in [2.05, 4.69) is 25.9 Å². The Labute approximate surface area is 115 Å². The molecule has 104 valence electrons. The van der Waals surface area contributed by atoms with E-state index < -0.39 is 0 Å². The first-order chi connectivity index (χ1) is 9.78. The lowest BCUT2D eigenvalue weighted by Gasteiger charge is -2.07. The Balaban J connectivity index is 1.75. The van der Waals surface area contributed by atoms with Crippen molar-refractivity contribution in [1.82, 2.24) is 25.9 Å². The summed E-state index contributed by atoms with van der Waals surface area (Å²) in [7, 11) is 1.63. The van der Waals surface area contributed by atoms with Gasteiger partial charge in [-0.3, -0.25) is 0 Å². The number of aromatic amines is 1. The van der Waals surface area contributed by atoms with Crippen LogP contribution < -0.4 is 10.1 Å². The van der Waals surface area contributed by atoms with Gasteiger partial charge >= 0.3 is 0 Å². The second kappa shape index (κ2) is 5.30. The molecule has 1 atom stereocenters. The molecule has 20 heavy (non-hydrogen) atoms. The van der Waals surface area contributed by atoms with Gasteiger partial charge < -0.3 is 14.5 Å². The van der Waals surface area contributed by atoms with Crippen molar-refractivity contribution in [3.8, 4) is 5.75 Å². The Morgan fingerprint density at radius 1 is 1.45 bits per heavy atom. The van der Waals surface area contributed by atoms with E-state index in [1.807, 2.05) is 31.2 Å². The van der Waals surface area contributed by atoms with Gasteiger partial charge in [0.2, 0.25) is 0 Å². The number of para-hydroxylation sites is 1. The normalized spacial score (nSPS) is 12.7. The molecule has 1 unspecified atom stereocenters. The van der Waals surface area contributed by atoms with Crippen LogP contribution in [0.3, 0.4) is 0 Å². The maximum atomic E-state index is 5.81. The first-order valence-corrected chi connectivity index (χ1v) is 6.30. The van der Waals surface area contributed by atoms with Gasteiger partial charge in [0.25, 0.3) is 0 Å². The molecule has 1 aromatic carbocycles. The van der Waals surface area contributed by atoms with Crippen LogP contribution in [0, 0.1) is 0 Å². The van der Waals surface area contributed by atoms with Crippen LogP contribution in [0.25, 0.3) is 11.0 Å². The molecule has 0 spiro atoms. The summed E-state index contributed by atoms with van der Waals surface area (Å²) in [5, 5.41) is 18.2. The standard InChI is InChI=1S/C13H15N5O2/c1-8(13-15-17-18-16-13)14-7-10-6-9-4-3-5-11(19-2)12(9)20-10/h3-6,8,14H,7H2,1-2H3,(H,15,16,17,18). The highest BCUT2D eigenvalue weighted by Crippen LogP contribution is 2.28. The zero-order valence-corrected chi connectivity index (χ0v) is 11.3. The van der Waals surface area contributed by atoms with E-state index in [-0.39, 0.29) is 6.04 Å². The summed E-state index contributed by atoms with van der Waals surface area (Å²) in [6.45, 7) is 2.54. The average Bonchev–Trinajstić information content (AvgIpc) is 3.12. The minimum absolute atomic E-state index is 0.0103. The second-order valence-electron chi connectivity index (χ2n) is 4.46. The number of H-pyrrole nitrogens is 1. The van der Waals surface area contributed by atoms with Crippen LogP contribution in [0.4, 0.5) is 0 Å². The third kappa shape index (κ3) is 2.35. The number of tetrazole rings is 1. The number of aromatic nitrogens is 4. The van der Waals surface area contributed by atoms with Crippen molar-refractivity contribution in [2.75, 3.05) is 7.11 Å². The Kier molecular flexibility index (Phi) is 3.34. The highest BCUT2D eigenvalue weighted by atomic mass is 16.5. The van der Waals surface area contributed by atoms with Crippen molar-refractivity contribution in [1.29, 1.82) is 0 Å². The van der Waals surface area contributed by atoms with Crippen LogP contribution in [-0.4, -0.2) is 27.7 Å². The average molecular weight is 273 g/mol. The van der Waals surface area contributed by atoms with Gasteiger partial charge in [0.05, 0.1) is 19.7 Å². The Hall–Kier alpha value is -2.41. The fraction of sp³-hybridized carbons (Fsp3) is 0.308. The zero-order chi connectivity index (χ0) is 13.9. The molecule has 0 aliphatic heterocycles. The summed E-state index contributed by atoms with van der Waals surface area (Å²) < 4.78 is 11.1. The quantitative estimate of drug-likeness (QED) is 0.737. The second-order valence-corrected chi connectivity index (χ2v) is 4.46. The first kappa shape index (κ1) is 12.6. The highest BCUT2D eigenvalue weighted by Gasteiger charge is 2.12. The fourth-order valence-electron chi connectivity index (χ4n) is 2.04. The van der Waals surface area contributed by atoms with Crippen LogP contribution in [-0.2, 0) is 6.54 Å². The Morgan fingerprint density at radius 2 is 2.35 bits per heavy atom. The Morgan fingerprint density at radius 3 is 3.10 bits per heavy atom. The lowest BCUT2D eigenvalue weighted by molar-refractivity contribution is 0.404. The van der Waals surface area contributed by atoms with Crippen LogP contribution in [0.2, 0.25) is 0 Å². The van der Waals surface area contributed by atoms with Gasteiger partial charge in [-0.1, -0.05) is 17.3 Å². The smallest absolute Gasteiger partial charge is 0.191 e. The topological polar surface area (TPSA) is 88.9 Å². The molecule has 0 saturated heterocycles. The van der Waals surface area contributed by atoms with E-state index in [0.29, 0.717) is 12.4 Å². The van der Waals surface area contributed by atoms with Gasteiger partial charge in [-0.15, -0.1) is 10.2 Å². The number of ether oxygens (including phenoxy) is 1. The molecule has 3 aromatic rings. The number of furan rings is 1. The van der Waals surface area contributed by atoms with Crippen molar-refractivity contribution in [3.05, 3.63) is 35.9 Å². The molecule has 0 bridgehead atoms. The van der Waals surface area contributed by atoms with E-state index in [1.54, 1.807) is 7.11 Å². The van der Waals surface area contributed by atoms with E-state index in [1.165, 1.54) is 0 Å². The molecule has 7 nitrogen and oxygen atoms in total. The van der Waals surface area contributed by atoms with Crippen LogP contribution in [0.5, 0.6) is 5.75 Å². The lowest BCUT2D eigenvalue weighted by Crippen LogP contribution is -2.18. The molecule has 0 radical (unpaired) electrons. The predicted octanol–water partition coefficient (Wildman–Crippen LogP) is 1.81. The van der Waals surface area contributed by atoms with Crippen LogP contribution >= 0.6 is 0 Å². The van der Waals surface area contributed by atoms with Gasteiger partial charge in [0, 0.05) is 5.39 Å². The lowest BCUT2D eigenvalue weighted by atomic mass is 10.2. The largest absolute Gasteiger partial charge is 0.493 e. The van der Waals surface area contributed by atoms with Gasteiger partial charge in [-0.2, -0.15) is 5.21 Å². The summed E-state index contributed by atoms with van der Waals surface area (Å²) >= 11 is 0. The van der Waals surface area contributed by atoms with E-state index in [0.717, 1.165) is 22.5 Å². The van der Waals surface area contributed by atoms with Crippen molar-refractivity contribution < 1.29 is 9.15 Å². The maximum absolute atomic E-state index is 5.81. The molecule has 0 fully saturated rings. The van der Waals surface area contributed by atoms with Crippen molar-refractivity contribution in [2.24, 2.45) is 0 Å². The maximum Gasteiger partial charge on any atom is 0.191 e. The van der Waals surface area contributed by atoms with E-state index in [4.69, 9.17) is 9.15 Å².